The molecule has 0 bridgehead atoms. The summed E-state index contributed by atoms with van der Waals surface area (Å²) in [5, 5.41) is 6.03. The molecule has 0 saturated carbocycles. The Morgan fingerprint density at radius 2 is 2.27 bits per heavy atom. The maximum absolute atomic E-state index is 11.5. The average molecular weight is 305 g/mol. The van der Waals surface area contributed by atoms with Crippen LogP contribution in [0.4, 0.5) is 5.82 Å². The van der Waals surface area contributed by atoms with E-state index in [2.05, 4.69) is 21.7 Å². The highest BCUT2D eigenvalue weighted by Gasteiger charge is 2.11. The number of aromatic nitrogens is 1. The standard InChI is InChI=1S/C16H23N3O3/c1-2-22-15(21)11-14(20)17-9-4-6-13-8-7-12-5-3-10-18-16(12)19-13/h7-8H,2-6,9-11H2,1H3,(H,17,20)(H,18,19). The van der Waals surface area contributed by atoms with Gasteiger partial charge in [-0.25, -0.2) is 4.98 Å². The summed E-state index contributed by atoms with van der Waals surface area (Å²) in [6.45, 7) is 3.53. The third-order valence-electron chi connectivity index (χ3n) is 3.49. The molecule has 2 rings (SSSR count). The van der Waals surface area contributed by atoms with Gasteiger partial charge in [-0.05, 0) is 44.2 Å². The van der Waals surface area contributed by atoms with E-state index in [0.717, 1.165) is 43.7 Å². The lowest BCUT2D eigenvalue weighted by Gasteiger charge is -2.17. The van der Waals surface area contributed by atoms with E-state index in [0.29, 0.717) is 13.2 Å². The lowest BCUT2D eigenvalue weighted by atomic mass is 10.1. The Morgan fingerprint density at radius 1 is 1.41 bits per heavy atom. The Kier molecular flexibility index (Phi) is 6.18. The number of amides is 1. The zero-order valence-corrected chi connectivity index (χ0v) is 13.0. The van der Waals surface area contributed by atoms with Crippen molar-refractivity contribution in [3.05, 3.63) is 23.4 Å². The van der Waals surface area contributed by atoms with Crippen molar-refractivity contribution in [2.75, 3.05) is 25.0 Å². The van der Waals surface area contributed by atoms with E-state index < -0.39 is 5.97 Å². The quantitative estimate of drug-likeness (QED) is 0.453. The molecule has 1 aliphatic heterocycles. The van der Waals surface area contributed by atoms with Gasteiger partial charge in [0.15, 0.2) is 0 Å². The second-order valence-electron chi connectivity index (χ2n) is 5.28. The van der Waals surface area contributed by atoms with Gasteiger partial charge in [0.05, 0.1) is 6.61 Å². The van der Waals surface area contributed by atoms with E-state index in [1.54, 1.807) is 6.92 Å². The fraction of sp³-hybridized carbons (Fsp3) is 0.562. The highest BCUT2D eigenvalue weighted by atomic mass is 16.5. The minimum Gasteiger partial charge on any atom is -0.466 e. The van der Waals surface area contributed by atoms with Crippen molar-refractivity contribution in [1.82, 2.24) is 10.3 Å². The molecule has 2 heterocycles. The monoisotopic (exact) mass is 305 g/mol. The van der Waals surface area contributed by atoms with Crippen LogP contribution in [0.15, 0.2) is 12.1 Å². The lowest BCUT2D eigenvalue weighted by Crippen LogP contribution is -2.27. The zero-order chi connectivity index (χ0) is 15.8. The van der Waals surface area contributed by atoms with E-state index >= 15 is 0 Å². The molecule has 0 unspecified atom stereocenters. The largest absolute Gasteiger partial charge is 0.466 e. The van der Waals surface area contributed by atoms with Crippen LogP contribution in [0, 0.1) is 0 Å². The van der Waals surface area contributed by atoms with Gasteiger partial charge in [0, 0.05) is 18.8 Å². The number of hydrogen-bond donors (Lipinski definition) is 2. The molecule has 22 heavy (non-hydrogen) atoms. The van der Waals surface area contributed by atoms with Crippen molar-refractivity contribution < 1.29 is 14.3 Å². The van der Waals surface area contributed by atoms with E-state index in [1.165, 1.54) is 5.56 Å². The number of pyridine rings is 1. The third kappa shape index (κ3) is 5.02. The van der Waals surface area contributed by atoms with Crippen LogP contribution in [0.5, 0.6) is 0 Å². The molecule has 1 aromatic heterocycles. The predicted molar refractivity (Wildman–Crippen MR) is 83.6 cm³/mol. The molecule has 0 fully saturated rings. The molecular formula is C16H23N3O3. The molecule has 2 N–H and O–H groups in total. The van der Waals surface area contributed by atoms with Crippen LogP contribution in [0.25, 0.3) is 0 Å². The molecule has 0 spiro atoms. The first kappa shape index (κ1) is 16.3. The molecule has 6 nitrogen and oxygen atoms in total. The molecule has 1 amide bonds. The van der Waals surface area contributed by atoms with Crippen molar-refractivity contribution in [2.24, 2.45) is 0 Å². The minimum atomic E-state index is -0.484. The van der Waals surface area contributed by atoms with Crippen LogP contribution >= 0.6 is 0 Å². The van der Waals surface area contributed by atoms with Crippen molar-refractivity contribution in [3.63, 3.8) is 0 Å². The smallest absolute Gasteiger partial charge is 0.315 e. The number of ether oxygens (including phenoxy) is 1. The van der Waals surface area contributed by atoms with Crippen LogP contribution in [0.3, 0.4) is 0 Å². The third-order valence-corrected chi connectivity index (χ3v) is 3.49. The highest BCUT2D eigenvalue weighted by molar-refractivity contribution is 5.94. The van der Waals surface area contributed by atoms with Gasteiger partial charge in [0.1, 0.15) is 12.2 Å². The van der Waals surface area contributed by atoms with E-state index in [9.17, 15) is 9.59 Å². The summed E-state index contributed by atoms with van der Waals surface area (Å²) in [6, 6.07) is 4.18. The number of hydrogen-bond acceptors (Lipinski definition) is 5. The summed E-state index contributed by atoms with van der Waals surface area (Å²) in [6.07, 6.45) is 3.61. The molecule has 0 aliphatic carbocycles. The van der Waals surface area contributed by atoms with Gasteiger partial charge >= 0.3 is 5.97 Å². The molecule has 0 atom stereocenters. The Balaban J connectivity index is 1.68. The summed E-state index contributed by atoms with van der Waals surface area (Å²) in [5.41, 5.74) is 2.30. The summed E-state index contributed by atoms with van der Waals surface area (Å²) in [5.74, 6) is 0.219. The lowest BCUT2D eigenvalue weighted by molar-refractivity contribution is -0.145. The zero-order valence-electron chi connectivity index (χ0n) is 13.0. The van der Waals surface area contributed by atoms with Crippen LogP contribution in [0.2, 0.25) is 0 Å². The molecule has 0 saturated heterocycles. The van der Waals surface area contributed by atoms with Crippen molar-refractivity contribution >= 4 is 17.7 Å². The van der Waals surface area contributed by atoms with E-state index in [4.69, 9.17) is 4.74 Å². The average Bonchev–Trinajstić information content (AvgIpc) is 2.51. The maximum atomic E-state index is 11.5. The van der Waals surface area contributed by atoms with Gasteiger partial charge in [0.2, 0.25) is 5.91 Å². The van der Waals surface area contributed by atoms with Crippen molar-refractivity contribution in [3.8, 4) is 0 Å². The molecule has 1 aliphatic rings. The topological polar surface area (TPSA) is 80.3 Å². The molecule has 0 aromatic carbocycles. The number of fused-ring (bicyclic) bond motifs is 1. The second kappa shape index (κ2) is 8.36. The number of nitrogens with one attached hydrogen (secondary N) is 2. The van der Waals surface area contributed by atoms with Crippen molar-refractivity contribution in [1.29, 1.82) is 0 Å². The van der Waals surface area contributed by atoms with Gasteiger partial charge in [-0.2, -0.15) is 0 Å². The summed E-state index contributed by atoms with van der Waals surface area (Å²) in [7, 11) is 0. The van der Waals surface area contributed by atoms with Gasteiger partial charge in [-0.3, -0.25) is 9.59 Å². The molecular weight excluding hydrogens is 282 g/mol. The molecule has 120 valence electrons. The Hall–Kier alpha value is -2.11. The van der Waals surface area contributed by atoms with Crippen LogP contribution in [-0.4, -0.2) is 36.6 Å². The van der Waals surface area contributed by atoms with Crippen molar-refractivity contribution in [2.45, 2.75) is 39.0 Å². The Labute approximate surface area is 130 Å². The first-order valence-corrected chi connectivity index (χ1v) is 7.84. The van der Waals surface area contributed by atoms with E-state index in [-0.39, 0.29) is 12.3 Å². The highest BCUT2D eigenvalue weighted by Crippen LogP contribution is 2.19. The maximum Gasteiger partial charge on any atom is 0.315 e. The number of esters is 1. The summed E-state index contributed by atoms with van der Waals surface area (Å²) >= 11 is 0. The summed E-state index contributed by atoms with van der Waals surface area (Å²) in [4.78, 5) is 27.2. The fourth-order valence-corrected chi connectivity index (χ4v) is 2.41. The SMILES string of the molecule is CCOC(=O)CC(=O)NCCCc1ccc2c(n1)NCCC2. The normalized spacial score (nSPS) is 13.0. The van der Waals surface area contributed by atoms with Crippen LogP contribution in [-0.2, 0) is 27.2 Å². The molecule has 6 heteroatoms. The predicted octanol–water partition coefficient (Wildman–Crippen LogP) is 1.44. The number of aryl methyl sites for hydroxylation is 2. The molecule has 0 radical (unpaired) electrons. The Bertz CT molecular complexity index is 531. The van der Waals surface area contributed by atoms with Gasteiger partial charge in [-0.15, -0.1) is 0 Å². The number of carbonyl (C=O) groups excluding carboxylic acids is 2. The van der Waals surface area contributed by atoms with Gasteiger partial charge < -0.3 is 15.4 Å². The summed E-state index contributed by atoms with van der Waals surface area (Å²) < 4.78 is 4.72. The van der Waals surface area contributed by atoms with E-state index in [1.807, 2.05) is 6.07 Å². The molecule has 1 aromatic rings. The first-order chi connectivity index (χ1) is 10.7. The first-order valence-electron chi connectivity index (χ1n) is 7.84. The van der Waals surface area contributed by atoms with Crippen LogP contribution in [0.1, 0.15) is 37.4 Å². The fourth-order valence-electron chi connectivity index (χ4n) is 2.41. The minimum absolute atomic E-state index is 0.213. The number of rotatable bonds is 7. The van der Waals surface area contributed by atoms with Crippen LogP contribution < -0.4 is 10.6 Å². The number of nitrogens with zero attached hydrogens (tertiary/aromatic N) is 1. The Morgan fingerprint density at radius 3 is 3.09 bits per heavy atom. The second-order valence-corrected chi connectivity index (χ2v) is 5.28. The number of anilines is 1. The number of carbonyl (C=O) groups is 2. The van der Waals surface area contributed by atoms with Gasteiger partial charge in [-0.1, -0.05) is 6.07 Å². The van der Waals surface area contributed by atoms with Gasteiger partial charge in [0.25, 0.3) is 0 Å².